The molecule has 20 heavy (non-hydrogen) atoms. The Morgan fingerprint density at radius 1 is 1.40 bits per heavy atom. The molecule has 1 amide bonds. The lowest BCUT2D eigenvalue weighted by Gasteiger charge is -2.31. The number of aliphatic carboxylic acids is 1. The lowest BCUT2D eigenvalue weighted by Crippen LogP contribution is -2.52. The Bertz CT molecular complexity index is 516. The van der Waals surface area contributed by atoms with Gasteiger partial charge in [0.15, 0.2) is 6.61 Å². The molecule has 0 bridgehead atoms. The molecule has 1 aliphatic heterocycles. The second-order valence-electron chi connectivity index (χ2n) is 4.97. The standard InChI is InChI=1S/C14H16ClNO4/c1-14(13(18)19)7-2-8-16(14)12(17)9-20-11-5-3-10(15)4-6-11/h3-6H,2,7-9H2,1H3,(H,18,19). The van der Waals surface area contributed by atoms with Crippen LogP contribution in [0.1, 0.15) is 19.8 Å². The van der Waals surface area contributed by atoms with Gasteiger partial charge in [-0.3, -0.25) is 4.79 Å². The molecule has 1 saturated heterocycles. The predicted octanol–water partition coefficient (Wildman–Crippen LogP) is 2.18. The van der Waals surface area contributed by atoms with Crippen LogP contribution in [0.4, 0.5) is 0 Å². The van der Waals surface area contributed by atoms with Crippen molar-refractivity contribution in [2.75, 3.05) is 13.2 Å². The van der Waals surface area contributed by atoms with Gasteiger partial charge in [-0.05, 0) is 44.0 Å². The topological polar surface area (TPSA) is 66.8 Å². The number of rotatable bonds is 4. The number of carboxylic acid groups (broad SMARTS) is 1. The minimum Gasteiger partial charge on any atom is -0.484 e. The van der Waals surface area contributed by atoms with Crippen LogP contribution in [-0.4, -0.2) is 40.6 Å². The van der Waals surface area contributed by atoms with E-state index in [0.717, 1.165) is 0 Å². The second-order valence-corrected chi connectivity index (χ2v) is 5.41. The van der Waals surface area contributed by atoms with E-state index in [0.29, 0.717) is 30.2 Å². The van der Waals surface area contributed by atoms with Gasteiger partial charge in [-0.15, -0.1) is 0 Å². The summed E-state index contributed by atoms with van der Waals surface area (Å²) in [5.41, 5.74) is -1.12. The first-order valence-electron chi connectivity index (χ1n) is 6.36. The highest BCUT2D eigenvalue weighted by atomic mass is 35.5. The maximum Gasteiger partial charge on any atom is 0.329 e. The van der Waals surface area contributed by atoms with Crippen LogP contribution in [0.5, 0.6) is 5.75 Å². The number of halogens is 1. The van der Waals surface area contributed by atoms with Crippen LogP contribution in [0.25, 0.3) is 0 Å². The van der Waals surface area contributed by atoms with Crippen LogP contribution in [0.2, 0.25) is 5.02 Å². The van der Waals surface area contributed by atoms with Gasteiger partial charge < -0.3 is 14.7 Å². The quantitative estimate of drug-likeness (QED) is 0.925. The normalized spacial score (nSPS) is 21.8. The zero-order chi connectivity index (χ0) is 14.8. The van der Waals surface area contributed by atoms with E-state index >= 15 is 0 Å². The number of carboxylic acids is 1. The Morgan fingerprint density at radius 3 is 2.65 bits per heavy atom. The zero-order valence-electron chi connectivity index (χ0n) is 11.1. The van der Waals surface area contributed by atoms with E-state index < -0.39 is 11.5 Å². The molecule has 2 rings (SSSR count). The lowest BCUT2D eigenvalue weighted by atomic mass is 9.99. The molecule has 0 radical (unpaired) electrons. The fraction of sp³-hybridized carbons (Fsp3) is 0.429. The Labute approximate surface area is 122 Å². The Morgan fingerprint density at radius 2 is 2.05 bits per heavy atom. The van der Waals surface area contributed by atoms with Gasteiger partial charge in [-0.1, -0.05) is 11.6 Å². The number of benzene rings is 1. The van der Waals surface area contributed by atoms with Crippen LogP contribution in [0, 0.1) is 0 Å². The van der Waals surface area contributed by atoms with Gasteiger partial charge in [0.1, 0.15) is 11.3 Å². The largest absolute Gasteiger partial charge is 0.484 e. The third-order valence-electron chi connectivity index (χ3n) is 3.58. The Kier molecular flexibility index (Phi) is 4.18. The smallest absolute Gasteiger partial charge is 0.329 e. The minimum atomic E-state index is -1.12. The second kappa shape index (κ2) is 5.71. The highest BCUT2D eigenvalue weighted by Crippen LogP contribution is 2.29. The van der Waals surface area contributed by atoms with Crippen LogP contribution < -0.4 is 4.74 Å². The summed E-state index contributed by atoms with van der Waals surface area (Å²) in [5.74, 6) is -0.767. The maximum atomic E-state index is 12.1. The Balaban J connectivity index is 1.98. The molecule has 0 spiro atoms. The first-order chi connectivity index (χ1) is 9.43. The van der Waals surface area contributed by atoms with E-state index in [1.165, 1.54) is 4.90 Å². The fourth-order valence-electron chi connectivity index (χ4n) is 2.34. The fourth-order valence-corrected chi connectivity index (χ4v) is 2.47. The lowest BCUT2D eigenvalue weighted by molar-refractivity contribution is -0.156. The summed E-state index contributed by atoms with van der Waals surface area (Å²) < 4.78 is 5.37. The van der Waals surface area contributed by atoms with E-state index in [1.54, 1.807) is 31.2 Å². The molecule has 1 aliphatic rings. The summed E-state index contributed by atoms with van der Waals surface area (Å²) in [5, 5.41) is 9.84. The monoisotopic (exact) mass is 297 g/mol. The highest BCUT2D eigenvalue weighted by molar-refractivity contribution is 6.30. The van der Waals surface area contributed by atoms with Crippen molar-refractivity contribution in [3.8, 4) is 5.75 Å². The number of hydrogen-bond acceptors (Lipinski definition) is 3. The molecule has 108 valence electrons. The van der Waals surface area contributed by atoms with Crippen molar-refractivity contribution in [3.63, 3.8) is 0 Å². The molecule has 0 saturated carbocycles. The SMILES string of the molecule is CC1(C(=O)O)CCCN1C(=O)COc1ccc(Cl)cc1. The highest BCUT2D eigenvalue weighted by Gasteiger charge is 2.45. The first-order valence-corrected chi connectivity index (χ1v) is 6.73. The third-order valence-corrected chi connectivity index (χ3v) is 3.83. The van der Waals surface area contributed by atoms with Crippen molar-refractivity contribution in [1.82, 2.24) is 4.90 Å². The van der Waals surface area contributed by atoms with Crippen LogP contribution in [0.15, 0.2) is 24.3 Å². The molecule has 1 fully saturated rings. The molecule has 1 aromatic carbocycles. The number of nitrogens with zero attached hydrogens (tertiary/aromatic N) is 1. The number of carbonyl (C=O) groups excluding carboxylic acids is 1. The zero-order valence-corrected chi connectivity index (χ0v) is 11.9. The molecule has 1 atom stereocenters. The molecule has 1 heterocycles. The third kappa shape index (κ3) is 2.88. The van der Waals surface area contributed by atoms with Crippen LogP contribution >= 0.6 is 11.6 Å². The number of amides is 1. The summed E-state index contributed by atoms with van der Waals surface area (Å²) in [6.45, 7) is 1.85. The summed E-state index contributed by atoms with van der Waals surface area (Å²) in [6, 6.07) is 6.66. The average molecular weight is 298 g/mol. The van der Waals surface area contributed by atoms with E-state index in [1.807, 2.05) is 0 Å². The van der Waals surface area contributed by atoms with E-state index in [-0.39, 0.29) is 12.5 Å². The van der Waals surface area contributed by atoms with Gasteiger partial charge in [0.25, 0.3) is 5.91 Å². The van der Waals surface area contributed by atoms with E-state index in [4.69, 9.17) is 16.3 Å². The van der Waals surface area contributed by atoms with Gasteiger partial charge >= 0.3 is 5.97 Å². The van der Waals surface area contributed by atoms with E-state index in [9.17, 15) is 14.7 Å². The summed E-state index contributed by atoms with van der Waals surface area (Å²) >= 11 is 5.75. The molecule has 0 aromatic heterocycles. The van der Waals surface area contributed by atoms with Gasteiger partial charge in [0, 0.05) is 11.6 Å². The van der Waals surface area contributed by atoms with Gasteiger partial charge in [-0.25, -0.2) is 4.79 Å². The molecule has 1 N–H and O–H groups in total. The van der Waals surface area contributed by atoms with Crippen molar-refractivity contribution < 1.29 is 19.4 Å². The molecule has 1 unspecified atom stereocenters. The van der Waals surface area contributed by atoms with Crippen molar-refractivity contribution in [2.45, 2.75) is 25.3 Å². The maximum absolute atomic E-state index is 12.1. The predicted molar refractivity (Wildman–Crippen MR) is 73.9 cm³/mol. The van der Waals surface area contributed by atoms with Crippen molar-refractivity contribution in [1.29, 1.82) is 0 Å². The van der Waals surface area contributed by atoms with Gasteiger partial charge in [-0.2, -0.15) is 0 Å². The Hall–Kier alpha value is -1.75. The van der Waals surface area contributed by atoms with Crippen molar-refractivity contribution in [2.24, 2.45) is 0 Å². The molecule has 5 nitrogen and oxygen atoms in total. The summed E-state index contributed by atoms with van der Waals surface area (Å²) in [4.78, 5) is 24.8. The summed E-state index contributed by atoms with van der Waals surface area (Å²) in [6.07, 6.45) is 1.16. The molecule has 6 heteroatoms. The van der Waals surface area contributed by atoms with Gasteiger partial charge in [0.05, 0.1) is 0 Å². The van der Waals surface area contributed by atoms with E-state index in [2.05, 4.69) is 0 Å². The first kappa shape index (κ1) is 14.7. The molecular formula is C14H16ClNO4. The number of hydrogen-bond donors (Lipinski definition) is 1. The van der Waals surface area contributed by atoms with Crippen molar-refractivity contribution >= 4 is 23.5 Å². The van der Waals surface area contributed by atoms with Crippen LogP contribution in [0.3, 0.4) is 0 Å². The average Bonchev–Trinajstić information content (AvgIpc) is 2.81. The number of carbonyl (C=O) groups is 2. The molecule has 0 aliphatic carbocycles. The number of likely N-dealkylation sites (tertiary alicyclic amines) is 1. The number of ether oxygens (including phenoxy) is 1. The van der Waals surface area contributed by atoms with Crippen molar-refractivity contribution in [3.05, 3.63) is 29.3 Å². The van der Waals surface area contributed by atoms with Gasteiger partial charge in [0.2, 0.25) is 0 Å². The minimum absolute atomic E-state index is 0.176. The molecule has 1 aromatic rings. The summed E-state index contributed by atoms with van der Waals surface area (Å²) in [7, 11) is 0. The van der Waals surface area contributed by atoms with Crippen LogP contribution in [-0.2, 0) is 9.59 Å². The molecular weight excluding hydrogens is 282 g/mol.